The summed E-state index contributed by atoms with van der Waals surface area (Å²) in [5, 5.41) is 0. The van der Waals surface area contributed by atoms with Gasteiger partial charge in [0.1, 0.15) is 19.0 Å². The van der Waals surface area contributed by atoms with Gasteiger partial charge in [-0.1, -0.05) is 6.58 Å². The molecule has 0 amide bonds. The lowest BCUT2D eigenvalue weighted by Crippen LogP contribution is -2.12. The number of carbonyl (C=O) groups excluding carboxylic acids is 2. The van der Waals surface area contributed by atoms with E-state index in [0.29, 0.717) is 31.1 Å². The summed E-state index contributed by atoms with van der Waals surface area (Å²) in [4.78, 5) is 22.0. The summed E-state index contributed by atoms with van der Waals surface area (Å²) in [6, 6.07) is 6.60. The van der Waals surface area contributed by atoms with Gasteiger partial charge in [-0.05, 0) is 24.3 Å². The molecule has 1 rings (SSSR count). The Morgan fingerprint density at radius 1 is 1.10 bits per heavy atom. The molecule has 0 atom stereocenters. The zero-order valence-corrected chi connectivity index (χ0v) is 11.9. The van der Waals surface area contributed by atoms with E-state index in [4.69, 9.17) is 14.2 Å². The molecule has 0 aromatic heterocycles. The third kappa shape index (κ3) is 6.58. The summed E-state index contributed by atoms with van der Waals surface area (Å²) in [5.74, 6) is -0.233. The highest BCUT2D eigenvalue weighted by Gasteiger charge is 2.04. The Morgan fingerprint density at radius 3 is 2.38 bits per heavy atom. The molecule has 0 aliphatic heterocycles. The van der Waals surface area contributed by atoms with Gasteiger partial charge in [-0.3, -0.25) is 0 Å². The number of hydrogen-bond donors (Lipinski definition) is 0. The number of benzene rings is 1. The highest BCUT2D eigenvalue weighted by Crippen LogP contribution is 2.12. The second kappa shape index (κ2) is 9.55. The Kier molecular flexibility index (Phi) is 7.60. The van der Waals surface area contributed by atoms with E-state index in [1.165, 1.54) is 7.11 Å². The van der Waals surface area contributed by atoms with Crippen molar-refractivity contribution in [3.63, 3.8) is 0 Å². The first-order valence-electron chi connectivity index (χ1n) is 6.35. The van der Waals surface area contributed by atoms with Gasteiger partial charge in [-0.15, -0.1) is 0 Å². The smallest absolute Gasteiger partial charge is 0.337 e. The van der Waals surface area contributed by atoms with Gasteiger partial charge in [0.2, 0.25) is 0 Å². The molecule has 0 aliphatic carbocycles. The summed E-state index contributed by atoms with van der Waals surface area (Å²) in [6.07, 6.45) is 1.10. The molecular formula is C15H18O6. The monoisotopic (exact) mass is 294 g/mol. The zero-order valence-electron chi connectivity index (χ0n) is 11.9. The second-order valence-electron chi connectivity index (χ2n) is 3.85. The summed E-state index contributed by atoms with van der Waals surface area (Å²) in [7, 11) is 1.33. The quantitative estimate of drug-likeness (QED) is 0.391. The van der Waals surface area contributed by atoms with E-state index in [2.05, 4.69) is 11.3 Å². The average Bonchev–Trinajstić information content (AvgIpc) is 2.53. The molecule has 0 saturated heterocycles. The normalized spacial score (nSPS) is 9.76. The van der Waals surface area contributed by atoms with E-state index in [-0.39, 0.29) is 12.6 Å². The molecule has 0 radical (unpaired) electrons. The van der Waals surface area contributed by atoms with Gasteiger partial charge in [-0.2, -0.15) is 0 Å². The number of hydrogen-bond acceptors (Lipinski definition) is 6. The Bertz CT molecular complexity index is 466. The van der Waals surface area contributed by atoms with Crippen molar-refractivity contribution in [2.75, 3.05) is 33.5 Å². The first-order valence-corrected chi connectivity index (χ1v) is 6.35. The van der Waals surface area contributed by atoms with Crippen LogP contribution in [0.4, 0.5) is 0 Å². The lowest BCUT2D eigenvalue weighted by atomic mass is 10.2. The van der Waals surface area contributed by atoms with E-state index in [1.54, 1.807) is 24.3 Å². The van der Waals surface area contributed by atoms with Crippen molar-refractivity contribution < 1.29 is 28.5 Å². The maximum absolute atomic E-state index is 11.2. The van der Waals surface area contributed by atoms with Crippen molar-refractivity contribution in [2.45, 2.75) is 0 Å². The van der Waals surface area contributed by atoms with E-state index >= 15 is 0 Å². The van der Waals surface area contributed by atoms with Gasteiger partial charge in [0, 0.05) is 6.08 Å². The van der Waals surface area contributed by atoms with Crippen molar-refractivity contribution in [3.05, 3.63) is 42.5 Å². The van der Waals surface area contributed by atoms with Crippen LogP contribution in [0.2, 0.25) is 0 Å². The maximum atomic E-state index is 11.2. The molecule has 1 aromatic rings. The largest absolute Gasteiger partial charge is 0.491 e. The minimum absolute atomic E-state index is 0.179. The third-order valence-corrected chi connectivity index (χ3v) is 2.41. The molecule has 114 valence electrons. The fourth-order valence-corrected chi connectivity index (χ4v) is 1.39. The molecule has 0 spiro atoms. The van der Waals surface area contributed by atoms with Crippen LogP contribution in [0.1, 0.15) is 10.4 Å². The Labute approximate surface area is 123 Å². The Morgan fingerprint density at radius 2 is 1.76 bits per heavy atom. The van der Waals surface area contributed by atoms with Crippen LogP contribution in [0.5, 0.6) is 5.75 Å². The number of esters is 2. The van der Waals surface area contributed by atoms with E-state index in [0.717, 1.165) is 6.08 Å². The van der Waals surface area contributed by atoms with Gasteiger partial charge in [0.05, 0.1) is 25.9 Å². The fourth-order valence-electron chi connectivity index (χ4n) is 1.39. The predicted molar refractivity (Wildman–Crippen MR) is 75.3 cm³/mol. The van der Waals surface area contributed by atoms with Crippen molar-refractivity contribution in [3.8, 4) is 5.75 Å². The lowest BCUT2D eigenvalue weighted by Gasteiger charge is -2.07. The SMILES string of the molecule is C=CC(=O)OCCOCCOc1ccc(C(=O)OC)cc1. The summed E-state index contributed by atoms with van der Waals surface area (Å²) in [5.41, 5.74) is 0.463. The first-order chi connectivity index (χ1) is 10.2. The Balaban J connectivity index is 2.14. The topological polar surface area (TPSA) is 71.1 Å². The van der Waals surface area contributed by atoms with Gasteiger partial charge >= 0.3 is 11.9 Å². The third-order valence-electron chi connectivity index (χ3n) is 2.41. The number of rotatable bonds is 9. The summed E-state index contributed by atoms with van der Waals surface area (Å²) < 4.78 is 20.0. The summed E-state index contributed by atoms with van der Waals surface area (Å²) >= 11 is 0. The van der Waals surface area contributed by atoms with Crippen LogP contribution in [0, 0.1) is 0 Å². The molecule has 0 bridgehead atoms. The van der Waals surface area contributed by atoms with Crippen LogP contribution in [0.15, 0.2) is 36.9 Å². The molecular weight excluding hydrogens is 276 g/mol. The van der Waals surface area contributed by atoms with Crippen LogP contribution < -0.4 is 4.74 Å². The first kappa shape index (κ1) is 16.7. The van der Waals surface area contributed by atoms with Gasteiger partial charge in [-0.25, -0.2) is 9.59 Å². The second-order valence-corrected chi connectivity index (χ2v) is 3.85. The van der Waals surface area contributed by atoms with E-state index < -0.39 is 5.97 Å². The molecule has 0 saturated carbocycles. The van der Waals surface area contributed by atoms with Crippen LogP contribution in [-0.4, -0.2) is 45.5 Å². The van der Waals surface area contributed by atoms with Crippen LogP contribution in [0.3, 0.4) is 0 Å². The van der Waals surface area contributed by atoms with Gasteiger partial charge in [0.25, 0.3) is 0 Å². The van der Waals surface area contributed by atoms with E-state index in [1.807, 2.05) is 0 Å². The maximum Gasteiger partial charge on any atom is 0.337 e. The highest BCUT2D eigenvalue weighted by atomic mass is 16.6. The van der Waals surface area contributed by atoms with Crippen molar-refractivity contribution >= 4 is 11.9 Å². The fraction of sp³-hybridized carbons (Fsp3) is 0.333. The number of ether oxygens (including phenoxy) is 4. The molecule has 0 fully saturated rings. The van der Waals surface area contributed by atoms with Gasteiger partial charge in [0.15, 0.2) is 0 Å². The van der Waals surface area contributed by atoms with Crippen molar-refractivity contribution in [2.24, 2.45) is 0 Å². The minimum atomic E-state index is -0.472. The van der Waals surface area contributed by atoms with Crippen molar-refractivity contribution in [1.82, 2.24) is 0 Å². The van der Waals surface area contributed by atoms with Crippen LogP contribution in [-0.2, 0) is 19.0 Å². The minimum Gasteiger partial charge on any atom is -0.491 e. The van der Waals surface area contributed by atoms with Crippen LogP contribution >= 0.6 is 0 Å². The number of carbonyl (C=O) groups is 2. The zero-order chi connectivity index (χ0) is 15.5. The molecule has 6 nitrogen and oxygen atoms in total. The molecule has 6 heteroatoms. The Hall–Kier alpha value is -2.34. The molecule has 0 heterocycles. The summed E-state index contributed by atoms with van der Waals surface area (Å²) in [6.45, 7) is 4.48. The lowest BCUT2D eigenvalue weighted by molar-refractivity contribution is -0.139. The molecule has 1 aromatic carbocycles. The van der Waals surface area contributed by atoms with Crippen molar-refractivity contribution in [1.29, 1.82) is 0 Å². The van der Waals surface area contributed by atoms with E-state index in [9.17, 15) is 9.59 Å². The molecule has 0 aliphatic rings. The number of methoxy groups -OCH3 is 1. The molecule has 0 unspecified atom stereocenters. The molecule has 21 heavy (non-hydrogen) atoms. The van der Waals surface area contributed by atoms with Gasteiger partial charge < -0.3 is 18.9 Å². The average molecular weight is 294 g/mol. The predicted octanol–water partition coefficient (Wildman–Crippen LogP) is 1.60. The highest BCUT2D eigenvalue weighted by molar-refractivity contribution is 5.89. The standard InChI is InChI=1S/C15H18O6/c1-3-14(16)21-11-9-19-8-10-20-13-6-4-12(5-7-13)15(17)18-2/h3-7H,1,8-11H2,2H3. The van der Waals surface area contributed by atoms with Crippen LogP contribution in [0.25, 0.3) is 0 Å². The molecule has 0 N–H and O–H groups in total.